The van der Waals surface area contributed by atoms with Crippen molar-refractivity contribution in [3.8, 4) is 0 Å². The monoisotopic (exact) mass is 256 g/mol. The summed E-state index contributed by atoms with van der Waals surface area (Å²) in [5.41, 5.74) is 0. The van der Waals surface area contributed by atoms with Gasteiger partial charge in [-0.05, 0) is 32.0 Å². The summed E-state index contributed by atoms with van der Waals surface area (Å²) in [6.07, 6.45) is 1.10. The first-order chi connectivity index (χ1) is 8.19. The lowest BCUT2D eigenvalue weighted by atomic mass is 10.2. The fraction of sp³-hybridized carbons (Fsp3) is 0.692. The van der Waals surface area contributed by atoms with Crippen LogP contribution in [0.5, 0.6) is 0 Å². The van der Waals surface area contributed by atoms with Gasteiger partial charge in [-0.2, -0.15) is 0 Å². The zero-order chi connectivity index (χ0) is 12.7. The first kappa shape index (κ1) is 14.6. The van der Waals surface area contributed by atoms with Crippen LogP contribution in [0.4, 0.5) is 0 Å². The third kappa shape index (κ3) is 4.76. The van der Waals surface area contributed by atoms with Crippen molar-refractivity contribution in [3.05, 3.63) is 22.4 Å². The number of nitrogens with zero attached hydrogens (tertiary/aromatic N) is 1. The number of methoxy groups -OCH3 is 1. The molecule has 0 fully saturated rings. The van der Waals surface area contributed by atoms with E-state index in [-0.39, 0.29) is 0 Å². The molecule has 0 aliphatic carbocycles. The molecule has 0 aliphatic heterocycles. The van der Waals surface area contributed by atoms with E-state index in [0.29, 0.717) is 12.1 Å². The van der Waals surface area contributed by atoms with E-state index in [2.05, 4.69) is 48.7 Å². The van der Waals surface area contributed by atoms with Crippen molar-refractivity contribution in [1.29, 1.82) is 0 Å². The molecule has 0 radical (unpaired) electrons. The largest absolute Gasteiger partial charge is 0.383 e. The first-order valence-corrected chi connectivity index (χ1v) is 6.99. The van der Waals surface area contributed by atoms with Crippen molar-refractivity contribution in [2.75, 3.05) is 34.4 Å². The van der Waals surface area contributed by atoms with Gasteiger partial charge in [0.15, 0.2) is 0 Å². The Bertz CT molecular complexity index is 288. The summed E-state index contributed by atoms with van der Waals surface area (Å²) >= 11 is 1.82. The Hall–Kier alpha value is -0.420. The van der Waals surface area contributed by atoms with Crippen LogP contribution < -0.4 is 5.32 Å². The highest BCUT2D eigenvalue weighted by molar-refractivity contribution is 7.10. The minimum Gasteiger partial charge on any atom is -0.383 e. The van der Waals surface area contributed by atoms with Gasteiger partial charge in [-0.3, -0.25) is 0 Å². The molecule has 1 aromatic heterocycles. The van der Waals surface area contributed by atoms with Gasteiger partial charge in [-0.1, -0.05) is 13.0 Å². The topological polar surface area (TPSA) is 24.5 Å². The summed E-state index contributed by atoms with van der Waals surface area (Å²) in [5.74, 6) is 0. The number of ether oxygens (including phenoxy) is 1. The van der Waals surface area contributed by atoms with Gasteiger partial charge in [0, 0.05) is 24.6 Å². The number of likely N-dealkylation sites (N-methyl/N-ethyl adjacent to an activating group) is 1. The minimum absolute atomic E-state index is 0.445. The maximum atomic E-state index is 5.20. The molecule has 1 heterocycles. The summed E-state index contributed by atoms with van der Waals surface area (Å²) < 4.78 is 5.20. The van der Waals surface area contributed by atoms with Crippen molar-refractivity contribution < 1.29 is 4.74 Å². The van der Waals surface area contributed by atoms with Crippen LogP contribution in [0, 0.1) is 0 Å². The van der Waals surface area contributed by atoms with E-state index in [1.165, 1.54) is 4.88 Å². The Labute approximate surface area is 109 Å². The third-order valence-electron chi connectivity index (χ3n) is 2.96. The lowest BCUT2D eigenvalue weighted by Gasteiger charge is -2.26. The van der Waals surface area contributed by atoms with Crippen LogP contribution in [-0.2, 0) is 4.74 Å². The molecule has 0 aliphatic rings. The Morgan fingerprint density at radius 1 is 1.47 bits per heavy atom. The molecule has 1 N–H and O–H groups in total. The van der Waals surface area contributed by atoms with E-state index in [4.69, 9.17) is 4.74 Å². The van der Waals surface area contributed by atoms with Gasteiger partial charge in [0.1, 0.15) is 0 Å². The fourth-order valence-electron chi connectivity index (χ4n) is 1.82. The molecule has 4 heteroatoms. The van der Waals surface area contributed by atoms with Crippen LogP contribution in [0.1, 0.15) is 24.3 Å². The van der Waals surface area contributed by atoms with Gasteiger partial charge in [0.25, 0.3) is 0 Å². The molecule has 0 spiro atoms. The highest BCUT2D eigenvalue weighted by atomic mass is 32.1. The van der Waals surface area contributed by atoms with Crippen LogP contribution in [0.25, 0.3) is 0 Å². The van der Waals surface area contributed by atoms with Gasteiger partial charge in [0.2, 0.25) is 0 Å². The normalized spacial score (nSPS) is 15.1. The number of rotatable bonds is 8. The molecule has 2 unspecified atom stereocenters. The van der Waals surface area contributed by atoms with E-state index in [9.17, 15) is 0 Å². The third-order valence-corrected chi connectivity index (χ3v) is 3.93. The summed E-state index contributed by atoms with van der Waals surface area (Å²) in [6, 6.07) is 5.21. The van der Waals surface area contributed by atoms with E-state index in [1.54, 1.807) is 7.11 Å². The van der Waals surface area contributed by atoms with Gasteiger partial charge in [-0.15, -0.1) is 11.3 Å². The second-order valence-corrected chi connectivity index (χ2v) is 5.44. The number of thiophene rings is 1. The molecule has 0 aromatic carbocycles. The standard InChI is InChI=1S/C13H24N2OS/c1-5-11(10-16-4)14-9-12(15(2)3)13-7-6-8-17-13/h6-8,11-12,14H,5,9-10H2,1-4H3. The fourth-order valence-corrected chi connectivity index (χ4v) is 2.74. The SMILES string of the molecule is CCC(COC)NCC(c1cccs1)N(C)C. The number of nitrogens with one attached hydrogen (secondary N) is 1. The Balaban J connectivity index is 2.50. The summed E-state index contributed by atoms with van der Waals surface area (Å²) in [4.78, 5) is 3.67. The molecule has 0 bridgehead atoms. The lowest BCUT2D eigenvalue weighted by Crippen LogP contribution is -2.38. The van der Waals surface area contributed by atoms with Crippen molar-refractivity contribution in [2.45, 2.75) is 25.4 Å². The molecule has 2 atom stereocenters. The van der Waals surface area contributed by atoms with Crippen molar-refractivity contribution in [1.82, 2.24) is 10.2 Å². The predicted octanol–water partition coefficient (Wildman–Crippen LogP) is 2.37. The molecule has 0 saturated heterocycles. The van der Waals surface area contributed by atoms with Crippen LogP contribution >= 0.6 is 11.3 Å². The highest BCUT2D eigenvalue weighted by Crippen LogP contribution is 2.22. The molecule has 0 saturated carbocycles. The molecule has 3 nitrogen and oxygen atoms in total. The maximum absolute atomic E-state index is 5.20. The van der Waals surface area contributed by atoms with Crippen molar-refractivity contribution in [3.63, 3.8) is 0 Å². The zero-order valence-corrected chi connectivity index (χ0v) is 12.1. The summed E-state index contributed by atoms with van der Waals surface area (Å²) in [6.45, 7) is 3.93. The smallest absolute Gasteiger partial charge is 0.0615 e. The second kappa shape index (κ2) is 7.82. The van der Waals surface area contributed by atoms with Crippen LogP contribution in [0.2, 0.25) is 0 Å². The van der Waals surface area contributed by atoms with Gasteiger partial charge in [0.05, 0.1) is 12.6 Å². The Kier molecular flexibility index (Phi) is 6.73. The highest BCUT2D eigenvalue weighted by Gasteiger charge is 2.16. The minimum atomic E-state index is 0.445. The average Bonchev–Trinajstić information content (AvgIpc) is 2.81. The van der Waals surface area contributed by atoms with E-state index in [0.717, 1.165) is 19.6 Å². The Morgan fingerprint density at radius 3 is 2.71 bits per heavy atom. The maximum Gasteiger partial charge on any atom is 0.0615 e. The molecular weight excluding hydrogens is 232 g/mol. The van der Waals surface area contributed by atoms with Crippen LogP contribution in [-0.4, -0.2) is 45.3 Å². The van der Waals surface area contributed by atoms with Gasteiger partial charge >= 0.3 is 0 Å². The summed E-state index contributed by atoms with van der Waals surface area (Å²) in [5, 5.41) is 5.72. The molecule has 98 valence electrons. The van der Waals surface area contributed by atoms with Gasteiger partial charge in [-0.25, -0.2) is 0 Å². The average molecular weight is 256 g/mol. The van der Waals surface area contributed by atoms with Crippen LogP contribution in [0.3, 0.4) is 0 Å². The lowest BCUT2D eigenvalue weighted by molar-refractivity contribution is 0.158. The number of hydrogen-bond acceptors (Lipinski definition) is 4. The van der Waals surface area contributed by atoms with E-state index in [1.807, 2.05) is 11.3 Å². The quantitative estimate of drug-likeness (QED) is 0.773. The first-order valence-electron chi connectivity index (χ1n) is 6.11. The molecular formula is C13H24N2OS. The number of hydrogen-bond donors (Lipinski definition) is 1. The van der Waals surface area contributed by atoms with Crippen molar-refractivity contribution >= 4 is 11.3 Å². The van der Waals surface area contributed by atoms with E-state index < -0.39 is 0 Å². The molecule has 0 amide bonds. The van der Waals surface area contributed by atoms with Crippen molar-refractivity contribution in [2.24, 2.45) is 0 Å². The molecule has 1 rings (SSSR count). The van der Waals surface area contributed by atoms with Gasteiger partial charge < -0.3 is 15.0 Å². The predicted molar refractivity (Wildman–Crippen MR) is 74.7 cm³/mol. The summed E-state index contributed by atoms with van der Waals surface area (Å²) in [7, 11) is 6.01. The Morgan fingerprint density at radius 2 is 2.24 bits per heavy atom. The molecule has 1 aromatic rings. The van der Waals surface area contributed by atoms with E-state index >= 15 is 0 Å². The zero-order valence-electron chi connectivity index (χ0n) is 11.3. The molecule has 17 heavy (non-hydrogen) atoms. The van der Waals surface area contributed by atoms with Crippen LogP contribution in [0.15, 0.2) is 17.5 Å². The second-order valence-electron chi connectivity index (χ2n) is 4.46.